The zero-order chi connectivity index (χ0) is 21.5. The topological polar surface area (TPSA) is 78.5 Å². The maximum absolute atomic E-state index is 12.5. The van der Waals surface area contributed by atoms with Gasteiger partial charge in [0.05, 0.1) is 10.5 Å². The van der Waals surface area contributed by atoms with Gasteiger partial charge in [0.25, 0.3) is 17.7 Å². The summed E-state index contributed by atoms with van der Waals surface area (Å²) in [6, 6.07) is 16.5. The van der Waals surface area contributed by atoms with E-state index in [1.165, 1.54) is 4.90 Å². The first-order valence-corrected chi connectivity index (χ1v) is 10.8. The minimum atomic E-state index is -0.562. The average Bonchev–Trinajstić information content (AvgIpc) is 3.00. The number of rotatable bonds is 5. The third-order valence-corrected chi connectivity index (χ3v) is 6.03. The van der Waals surface area contributed by atoms with Crippen LogP contribution in [0.5, 0.6) is 0 Å². The van der Waals surface area contributed by atoms with Gasteiger partial charge in [-0.3, -0.25) is 30.1 Å². The van der Waals surface area contributed by atoms with E-state index in [0.717, 1.165) is 17.3 Å². The fourth-order valence-corrected chi connectivity index (χ4v) is 4.16. The minimum absolute atomic E-state index is 0.284. The van der Waals surface area contributed by atoms with Crippen LogP contribution in [-0.2, 0) is 9.59 Å². The molecule has 2 aromatic rings. The molecule has 2 aromatic carbocycles. The van der Waals surface area contributed by atoms with Crippen LogP contribution in [0.25, 0.3) is 6.08 Å². The van der Waals surface area contributed by atoms with Gasteiger partial charge in [-0.25, -0.2) is 0 Å². The van der Waals surface area contributed by atoms with Crippen LogP contribution in [0.4, 0.5) is 0 Å². The summed E-state index contributed by atoms with van der Waals surface area (Å²) >= 11 is 9.62. The van der Waals surface area contributed by atoms with Crippen molar-refractivity contribution in [2.45, 2.75) is 0 Å². The van der Waals surface area contributed by atoms with Crippen LogP contribution < -0.4 is 10.9 Å². The predicted molar refractivity (Wildman–Crippen MR) is 125 cm³/mol. The number of hydrogen-bond donors (Lipinski definition) is 2. The monoisotopic (exact) mass is 501 g/mol. The molecule has 1 heterocycles. The lowest BCUT2D eigenvalue weighted by molar-refractivity contribution is -0.129. The van der Waals surface area contributed by atoms with Crippen LogP contribution in [0.1, 0.15) is 15.9 Å². The Hall–Kier alpha value is -2.75. The smallest absolute Gasteiger partial charge is 0.270 e. The molecule has 0 atom stereocenters. The Labute approximate surface area is 191 Å². The molecule has 152 valence electrons. The minimum Gasteiger partial charge on any atom is -0.283 e. The summed E-state index contributed by atoms with van der Waals surface area (Å²) in [7, 11) is 0. The third-order valence-electron chi connectivity index (χ3n) is 3.95. The van der Waals surface area contributed by atoms with Crippen molar-refractivity contribution in [1.82, 2.24) is 15.8 Å². The number of carbonyl (C=O) groups excluding carboxylic acids is 3. The predicted octanol–water partition coefficient (Wildman–Crippen LogP) is 3.67. The Morgan fingerprint density at radius 3 is 2.50 bits per heavy atom. The number of benzene rings is 2. The normalized spacial score (nSPS) is 15.1. The molecule has 0 saturated carbocycles. The molecule has 1 fully saturated rings. The van der Waals surface area contributed by atoms with E-state index < -0.39 is 11.8 Å². The van der Waals surface area contributed by atoms with E-state index in [1.807, 2.05) is 36.4 Å². The molecule has 6 nitrogen and oxygen atoms in total. The summed E-state index contributed by atoms with van der Waals surface area (Å²) in [6.07, 6.45) is 5.30. The number of thioether (sulfide) groups is 1. The second-order valence-corrected chi connectivity index (χ2v) is 8.57. The molecule has 0 aliphatic carbocycles. The highest BCUT2D eigenvalue weighted by Gasteiger charge is 2.33. The molecule has 0 radical (unpaired) electrons. The number of thiocarbonyl (C=S) groups is 1. The molecular weight excluding hydrogens is 486 g/mol. The van der Waals surface area contributed by atoms with Crippen LogP contribution in [-0.4, -0.2) is 33.5 Å². The van der Waals surface area contributed by atoms with Crippen LogP contribution in [0, 0.1) is 0 Å². The van der Waals surface area contributed by atoms with Gasteiger partial charge in [-0.15, -0.1) is 0 Å². The van der Waals surface area contributed by atoms with Gasteiger partial charge in [0.2, 0.25) is 0 Å². The fourth-order valence-electron chi connectivity index (χ4n) is 2.48. The van der Waals surface area contributed by atoms with E-state index in [9.17, 15) is 14.4 Å². The molecule has 2 N–H and O–H groups in total. The number of nitrogens with zero attached hydrogens (tertiary/aromatic N) is 1. The molecule has 1 aliphatic heterocycles. The number of amides is 3. The summed E-state index contributed by atoms with van der Waals surface area (Å²) in [5, 5.41) is 0. The second-order valence-electron chi connectivity index (χ2n) is 6.04. The van der Waals surface area contributed by atoms with Crippen molar-refractivity contribution in [3.63, 3.8) is 0 Å². The summed E-state index contributed by atoms with van der Waals surface area (Å²) in [5.41, 5.74) is 6.00. The number of hydrogen-bond acceptors (Lipinski definition) is 5. The Bertz CT molecular complexity index is 1050. The lowest BCUT2D eigenvalue weighted by Gasteiger charge is -2.14. The second kappa shape index (κ2) is 10.3. The van der Waals surface area contributed by atoms with Crippen LogP contribution >= 0.6 is 39.9 Å². The van der Waals surface area contributed by atoms with Gasteiger partial charge >= 0.3 is 0 Å². The largest absolute Gasteiger partial charge is 0.283 e. The van der Waals surface area contributed by atoms with Crippen LogP contribution in [0.3, 0.4) is 0 Å². The maximum atomic E-state index is 12.5. The molecule has 0 aromatic heterocycles. The zero-order valence-corrected chi connectivity index (χ0v) is 18.7. The molecule has 0 bridgehead atoms. The summed E-state index contributed by atoms with van der Waals surface area (Å²) < 4.78 is 0.883. The molecule has 3 amide bonds. The molecule has 9 heteroatoms. The van der Waals surface area contributed by atoms with E-state index in [0.29, 0.717) is 14.9 Å². The molecule has 1 aliphatic rings. The first kappa shape index (κ1) is 21.9. The SMILES string of the molecule is O=C(CN1C(=O)/C(=C/C=C/c2ccccc2)SC1=S)NNC(=O)c1ccccc1Br. The molecule has 30 heavy (non-hydrogen) atoms. The van der Waals surface area contributed by atoms with E-state index in [1.54, 1.807) is 36.4 Å². The van der Waals surface area contributed by atoms with Gasteiger partial charge in [0.15, 0.2) is 0 Å². The molecule has 0 unspecified atom stereocenters. The quantitative estimate of drug-likeness (QED) is 0.371. The Kier molecular flexibility index (Phi) is 7.56. The Balaban J connectivity index is 1.55. The van der Waals surface area contributed by atoms with Crippen LogP contribution in [0.15, 0.2) is 76.1 Å². The summed E-state index contributed by atoms with van der Waals surface area (Å²) in [6.45, 7) is -0.291. The van der Waals surface area contributed by atoms with Crippen molar-refractivity contribution >= 4 is 68.0 Å². The Morgan fingerprint density at radius 2 is 1.77 bits per heavy atom. The first-order chi connectivity index (χ1) is 14.5. The fraction of sp³-hybridized carbons (Fsp3) is 0.0476. The van der Waals surface area contributed by atoms with E-state index in [2.05, 4.69) is 26.8 Å². The van der Waals surface area contributed by atoms with Gasteiger partial charge < -0.3 is 0 Å². The number of allylic oxidation sites excluding steroid dienone is 2. The summed E-state index contributed by atoms with van der Waals surface area (Å²) in [5.74, 6) is -1.39. The lowest BCUT2D eigenvalue weighted by atomic mass is 10.2. The van der Waals surface area contributed by atoms with Crippen molar-refractivity contribution in [3.05, 3.63) is 87.3 Å². The van der Waals surface area contributed by atoms with Gasteiger partial charge in [-0.2, -0.15) is 0 Å². The number of halogens is 1. The molecule has 3 rings (SSSR count). The van der Waals surface area contributed by atoms with Gasteiger partial charge in [-0.05, 0) is 39.7 Å². The maximum Gasteiger partial charge on any atom is 0.270 e. The highest BCUT2D eigenvalue weighted by Crippen LogP contribution is 2.30. The zero-order valence-electron chi connectivity index (χ0n) is 15.5. The molecule has 1 saturated heterocycles. The third kappa shape index (κ3) is 5.65. The number of hydrazine groups is 1. The lowest BCUT2D eigenvalue weighted by Crippen LogP contribution is -2.47. The molecule has 0 spiro atoms. The van der Waals surface area contributed by atoms with E-state index in [4.69, 9.17) is 12.2 Å². The van der Waals surface area contributed by atoms with Crippen molar-refractivity contribution in [2.24, 2.45) is 0 Å². The Morgan fingerprint density at radius 1 is 1.07 bits per heavy atom. The van der Waals surface area contributed by atoms with Crippen molar-refractivity contribution in [1.29, 1.82) is 0 Å². The number of carbonyl (C=O) groups is 3. The van der Waals surface area contributed by atoms with Crippen molar-refractivity contribution in [3.8, 4) is 0 Å². The van der Waals surface area contributed by atoms with Crippen molar-refractivity contribution < 1.29 is 14.4 Å². The summed E-state index contributed by atoms with van der Waals surface area (Å²) in [4.78, 5) is 38.5. The highest BCUT2D eigenvalue weighted by atomic mass is 79.9. The highest BCUT2D eigenvalue weighted by molar-refractivity contribution is 9.10. The van der Waals surface area contributed by atoms with E-state index in [-0.39, 0.29) is 16.8 Å². The number of nitrogens with one attached hydrogen (secondary N) is 2. The molecular formula is C21H16BrN3O3S2. The van der Waals surface area contributed by atoms with Gasteiger partial charge in [0, 0.05) is 4.47 Å². The van der Waals surface area contributed by atoms with Gasteiger partial charge in [0.1, 0.15) is 10.9 Å². The van der Waals surface area contributed by atoms with Crippen molar-refractivity contribution in [2.75, 3.05) is 6.54 Å². The van der Waals surface area contributed by atoms with Crippen LogP contribution in [0.2, 0.25) is 0 Å². The van der Waals surface area contributed by atoms with E-state index >= 15 is 0 Å². The van der Waals surface area contributed by atoms with Gasteiger partial charge in [-0.1, -0.05) is 78.6 Å². The standard InChI is InChI=1S/C21H16BrN3O3S2/c22-16-11-5-4-10-15(16)19(27)24-23-18(26)13-25-20(28)17(30-21(25)29)12-6-9-14-7-2-1-3-8-14/h1-12H,13H2,(H,23,26)(H,24,27)/b9-6+,17-12-. The first-order valence-electron chi connectivity index (χ1n) is 8.76. The average molecular weight is 502 g/mol.